The van der Waals surface area contributed by atoms with E-state index in [9.17, 15) is 14.5 Å². The zero-order valence-corrected chi connectivity index (χ0v) is 12.6. The van der Waals surface area contributed by atoms with Gasteiger partial charge in [0.25, 0.3) is 5.69 Å². The number of nitro benzene ring substituents is 1. The molecule has 0 bridgehead atoms. The van der Waals surface area contributed by atoms with Crippen molar-refractivity contribution in [3.05, 3.63) is 74.0 Å². The Morgan fingerprint density at radius 2 is 2.00 bits per heavy atom. The molecule has 1 unspecified atom stereocenters. The highest BCUT2D eigenvalue weighted by Gasteiger charge is 2.19. The van der Waals surface area contributed by atoms with Crippen LogP contribution >= 0.6 is 27.5 Å². The molecule has 20 heavy (non-hydrogen) atoms. The van der Waals surface area contributed by atoms with Gasteiger partial charge in [-0.3, -0.25) is 10.1 Å². The van der Waals surface area contributed by atoms with E-state index in [4.69, 9.17) is 11.6 Å². The number of nitrogens with zero attached hydrogens (tertiary/aromatic N) is 1. The van der Waals surface area contributed by atoms with E-state index in [0.717, 1.165) is 0 Å². The molecule has 0 spiro atoms. The van der Waals surface area contributed by atoms with Gasteiger partial charge >= 0.3 is 0 Å². The average molecular weight is 359 g/mol. The highest BCUT2D eigenvalue weighted by atomic mass is 79.9. The molecule has 0 amide bonds. The van der Waals surface area contributed by atoms with E-state index in [2.05, 4.69) is 15.9 Å². The number of benzene rings is 2. The first-order chi connectivity index (χ1) is 9.49. The van der Waals surface area contributed by atoms with E-state index in [1.807, 2.05) is 0 Å². The van der Waals surface area contributed by atoms with E-state index in [-0.39, 0.29) is 12.1 Å². The Morgan fingerprint density at radius 1 is 1.30 bits per heavy atom. The molecular weight excluding hydrogens is 349 g/mol. The zero-order valence-electron chi connectivity index (χ0n) is 10.2. The van der Waals surface area contributed by atoms with Gasteiger partial charge in [-0.25, -0.2) is 4.39 Å². The monoisotopic (exact) mass is 357 g/mol. The quantitative estimate of drug-likeness (QED) is 0.437. The fraction of sp³-hybridized carbons (Fsp3) is 0.143. The van der Waals surface area contributed by atoms with Crippen LogP contribution < -0.4 is 0 Å². The minimum Gasteiger partial charge on any atom is -0.258 e. The summed E-state index contributed by atoms with van der Waals surface area (Å²) in [6.07, 6.45) is 0.192. The Hall–Kier alpha value is -1.46. The Morgan fingerprint density at radius 3 is 2.65 bits per heavy atom. The second kappa shape index (κ2) is 6.33. The summed E-state index contributed by atoms with van der Waals surface area (Å²) in [6.45, 7) is 0. The van der Waals surface area contributed by atoms with Crippen LogP contribution in [0.15, 0.2) is 46.9 Å². The van der Waals surface area contributed by atoms with Crippen LogP contribution in [0.1, 0.15) is 16.5 Å². The maximum Gasteiger partial charge on any atom is 0.272 e. The summed E-state index contributed by atoms with van der Waals surface area (Å²) in [5, 5.41) is 10.3. The van der Waals surface area contributed by atoms with Crippen LogP contribution in [0.25, 0.3) is 0 Å². The third-order valence-electron chi connectivity index (χ3n) is 2.89. The number of nitro groups is 1. The largest absolute Gasteiger partial charge is 0.272 e. The fourth-order valence-electron chi connectivity index (χ4n) is 1.92. The van der Waals surface area contributed by atoms with Crippen molar-refractivity contribution >= 4 is 33.2 Å². The van der Waals surface area contributed by atoms with E-state index < -0.39 is 16.1 Å². The number of halogens is 3. The lowest BCUT2D eigenvalue weighted by Crippen LogP contribution is -2.02. The molecule has 1 atom stereocenters. The number of alkyl halides is 1. The van der Waals surface area contributed by atoms with Crippen molar-refractivity contribution in [3.8, 4) is 0 Å². The van der Waals surface area contributed by atoms with Crippen LogP contribution in [0.4, 0.5) is 10.1 Å². The van der Waals surface area contributed by atoms with Crippen LogP contribution in [-0.2, 0) is 6.42 Å². The van der Waals surface area contributed by atoms with Crippen LogP contribution in [0, 0.1) is 15.9 Å². The lowest BCUT2D eigenvalue weighted by Gasteiger charge is -2.11. The molecule has 2 aromatic carbocycles. The molecule has 0 heterocycles. The fourth-order valence-corrected chi connectivity index (χ4v) is 2.60. The Balaban J connectivity index is 2.28. The Bertz CT molecular complexity index is 651. The van der Waals surface area contributed by atoms with Crippen molar-refractivity contribution < 1.29 is 9.31 Å². The molecule has 6 heteroatoms. The SMILES string of the molecule is O=[N+]([O-])c1ccccc1CC(Cl)c1ccc(Br)cc1F. The molecule has 0 radical (unpaired) electrons. The average Bonchev–Trinajstić information content (AvgIpc) is 2.38. The van der Waals surface area contributed by atoms with E-state index in [0.29, 0.717) is 15.6 Å². The van der Waals surface area contributed by atoms with E-state index in [1.165, 1.54) is 12.1 Å². The van der Waals surface area contributed by atoms with Crippen LogP contribution in [0.3, 0.4) is 0 Å². The van der Waals surface area contributed by atoms with Gasteiger partial charge in [-0.15, -0.1) is 11.6 Å². The standard InChI is InChI=1S/C14H10BrClFNO2/c15-10-5-6-11(13(17)8-10)12(16)7-9-3-1-2-4-14(9)18(19)20/h1-6,8,12H,7H2. The lowest BCUT2D eigenvalue weighted by molar-refractivity contribution is -0.385. The molecule has 0 aliphatic rings. The van der Waals surface area contributed by atoms with Crippen molar-refractivity contribution in [2.24, 2.45) is 0 Å². The Kier molecular flexibility index (Phi) is 4.73. The summed E-state index contributed by atoms with van der Waals surface area (Å²) in [4.78, 5) is 10.5. The van der Waals surface area contributed by atoms with E-state index in [1.54, 1.807) is 30.3 Å². The molecule has 0 aliphatic heterocycles. The third kappa shape index (κ3) is 3.35. The molecule has 0 saturated heterocycles. The molecule has 2 rings (SSSR count). The highest BCUT2D eigenvalue weighted by molar-refractivity contribution is 9.10. The van der Waals surface area contributed by atoms with Gasteiger partial charge in [0.1, 0.15) is 5.82 Å². The van der Waals surface area contributed by atoms with Crippen LogP contribution in [0.5, 0.6) is 0 Å². The van der Waals surface area contributed by atoms with Crippen LogP contribution in [-0.4, -0.2) is 4.92 Å². The molecule has 3 nitrogen and oxygen atoms in total. The summed E-state index contributed by atoms with van der Waals surface area (Å²) in [5.41, 5.74) is 0.809. The van der Waals surface area contributed by atoms with Crippen molar-refractivity contribution in [1.29, 1.82) is 0 Å². The third-order valence-corrected chi connectivity index (χ3v) is 3.77. The van der Waals surface area contributed by atoms with Crippen molar-refractivity contribution in [2.75, 3.05) is 0 Å². The maximum absolute atomic E-state index is 13.8. The second-order valence-corrected chi connectivity index (χ2v) is 5.67. The molecule has 0 aromatic heterocycles. The first kappa shape index (κ1) is 14.9. The Labute approximate surface area is 128 Å². The van der Waals surface area contributed by atoms with Gasteiger partial charge in [-0.1, -0.05) is 40.2 Å². The minimum absolute atomic E-state index is 0.00401. The van der Waals surface area contributed by atoms with Gasteiger partial charge in [0.15, 0.2) is 0 Å². The van der Waals surface area contributed by atoms with Crippen molar-refractivity contribution in [1.82, 2.24) is 0 Å². The second-order valence-electron chi connectivity index (χ2n) is 4.22. The van der Waals surface area contributed by atoms with Crippen molar-refractivity contribution in [3.63, 3.8) is 0 Å². The molecule has 0 aliphatic carbocycles. The predicted octanol–water partition coefficient (Wildman–Crippen LogP) is 5.02. The lowest BCUT2D eigenvalue weighted by atomic mass is 10.0. The molecule has 0 saturated carbocycles. The van der Waals surface area contributed by atoms with Crippen molar-refractivity contribution in [2.45, 2.75) is 11.8 Å². The topological polar surface area (TPSA) is 43.1 Å². The first-order valence-electron chi connectivity index (χ1n) is 5.80. The molecule has 0 fully saturated rings. The summed E-state index contributed by atoms with van der Waals surface area (Å²) < 4.78 is 14.4. The number of rotatable bonds is 4. The molecular formula is C14H10BrClFNO2. The molecule has 104 valence electrons. The summed E-state index contributed by atoms with van der Waals surface area (Å²) in [7, 11) is 0. The summed E-state index contributed by atoms with van der Waals surface area (Å²) >= 11 is 9.37. The zero-order chi connectivity index (χ0) is 14.7. The number of hydrogen-bond donors (Lipinski definition) is 0. The summed E-state index contributed by atoms with van der Waals surface area (Å²) in [5.74, 6) is -0.432. The number of para-hydroxylation sites is 1. The van der Waals surface area contributed by atoms with Gasteiger partial charge in [0, 0.05) is 21.7 Å². The van der Waals surface area contributed by atoms with Gasteiger partial charge in [-0.05, 0) is 18.6 Å². The highest BCUT2D eigenvalue weighted by Crippen LogP contribution is 2.31. The van der Waals surface area contributed by atoms with Gasteiger partial charge in [0.2, 0.25) is 0 Å². The summed E-state index contributed by atoms with van der Waals surface area (Å²) in [6, 6.07) is 10.9. The smallest absolute Gasteiger partial charge is 0.258 e. The predicted molar refractivity (Wildman–Crippen MR) is 79.5 cm³/mol. The van der Waals surface area contributed by atoms with E-state index >= 15 is 0 Å². The van der Waals surface area contributed by atoms with Gasteiger partial charge in [0.05, 0.1) is 10.3 Å². The van der Waals surface area contributed by atoms with Gasteiger partial charge < -0.3 is 0 Å². The number of hydrogen-bond acceptors (Lipinski definition) is 2. The maximum atomic E-state index is 13.8. The molecule has 0 N–H and O–H groups in total. The first-order valence-corrected chi connectivity index (χ1v) is 7.03. The van der Waals surface area contributed by atoms with Gasteiger partial charge in [-0.2, -0.15) is 0 Å². The normalized spacial score (nSPS) is 12.2. The van der Waals surface area contributed by atoms with Crippen LogP contribution in [0.2, 0.25) is 0 Å². The minimum atomic E-state index is -0.663. The molecule has 2 aromatic rings.